The molecule has 0 fully saturated rings. The predicted octanol–water partition coefficient (Wildman–Crippen LogP) is 2.60. The number of nitrogens with one attached hydrogen (secondary N) is 1. The number of carbonyl (C=O) groups is 1. The zero-order valence-corrected chi connectivity index (χ0v) is 13.0. The van der Waals surface area contributed by atoms with Crippen molar-refractivity contribution < 1.29 is 4.79 Å². The Bertz CT molecular complexity index is 840. The minimum Gasteiger partial charge on any atom is -0.324 e. The van der Waals surface area contributed by atoms with E-state index in [1.807, 2.05) is 62.4 Å². The van der Waals surface area contributed by atoms with Crippen LogP contribution in [-0.2, 0) is 11.3 Å². The van der Waals surface area contributed by atoms with Crippen molar-refractivity contribution in [2.24, 2.45) is 0 Å². The fourth-order valence-corrected chi connectivity index (χ4v) is 2.27. The molecule has 3 aromatic rings. The highest BCUT2D eigenvalue weighted by molar-refractivity contribution is 5.91. The average Bonchev–Trinajstić information content (AvgIpc) is 2.98. The maximum atomic E-state index is 12.1. The second kappa shape index (κ2) is 6.39. The van der Waals surface area contributed by atoms with Gasteiger partial charge in [-0.3, -0.25) is 4.79 Å². The summed E-state index contributed by atoms with van der Waals surface area (Å²) in [4.78, 5) is 13.4. The molecule has 0 unspecified atom stereocenters. The maximum Gasteiger partial charge on any atom is 0.248 e. The summed E-state index contributed by atoms with van der Waals surface area (Å²) < 4.78 is 0. The number of para-hydroxylation sites is 1. The van der Waals surface area contributed by atoms with Gasteiger partial charge in [0.05, 0.1) is 0 Å². The second-order valence-corrected chi connectivity index (χ2v) is 5.32. The summed E-state index contributed by atoms with van der Waals surface area (Å²) in [7, 11) is 0. The van der Waals surface area contributed by atoms with Crippen LogP contribution in [0.3, 0.4) is 0 Å². The van der Waals surface area contributed by atoms with Gasteiger partial charge < -0.3 is 5.32 Å². The van der Waals surface area contributed by atoms with E-state index in [-0.39, 0.29) is 12.5 Å². The van der Waals surface area contributed by atoms with Gasteiger partial charge in [0.2, 0.25) is 11.7 Å². The van der Waals surface area contributed by atoms with Crippen LogP contribution < -0.4 is 5.32 Å². The van der Waals surface area contributed by atoms with E-state index in [9.17, 15) is 4.79 Å². The Labute approximate surface area is 134 Å². The van der Waals surface area contributed by atoms with Crippen LogP contribution >= 0.6 is 0 Å². The summed E-state index contributed by atoms with van der Waals surface area (Å²) in [5.74, 6) is 0.333. The first-order chi connectivity index (χ1) is 11.1. The van der Waals surface area contributed by atoms with Crippen molar-refractivity contribution >= 4 is 11.6 Å². The van der Waals surface area contributed by atoms with E-state index in [1.54, 1.807) is 0 Å². The first-order valence-corrected chi connectivity index (χ1v) is 7.33. The lowest BCUT2D eigenvalue weighted by atomic mass is 10.1. The third-order valence-electron chi connectivity index (χ3n) is 3.54. The molecule has 0 saturated carbocycles. The summed E-state index contributed by atoms with van der Waals surface area (Å²) >= 11 is 0. The van der Waals surface area contributed by atoms with Crippen LogP contribution in [0.15, 0.2) is 48.5 Å². The molecule has 0 aliphatic heterocycles. The first-order valence-electron chi connectivity index (χ1n) is 7.33. The van der Waals surface area contributed by atoms with E-state index in [4.69, 9.17) is 0 Å². The Balaban J connectivity index is 1.71. The van der Waals surface area contributed by atoms with Crippen LogP contribution in [0.2, 0.25) is 0 Å². The number of aryl methyl sites for hydroxylation is 2. The minimum atomic E-state index is -0.187. The molecule has 0 saturated heterocycles. The van der Waals surface area contributed by atoms with E-state index in [0.29, 0.717) is 5.82 Å². The molecule has 1 amide bonds. The molecular formula is C17H17N5O. The number of carbonyl (C=O) groups excluding carboxylic acids is 1. The molecule has 6 nitrogen and oxygen atoms in total. The van der Waals surface area contributed by atoms with Crippen molar-refractivity contribution in [3.8, 4) is 11.4 Å². The summed E-state index contributed by atoms with van der Waals surface area (Å²) in [6, 6.07) is 15.4. The van der Waals surface area contributed by atoms with Gasteiger partial charge in [-0.05, 0) is 36.3 Å². The number of benzene rings is 2. The maximum absolute atomic E-state index is 12.1. The highest BCUT2D eigenvalue weighted by Gasteiger charge is 2.11. The van der Waals surface area contributed by atoms with Crippen LogP contribution in [-0.4, -0.2) is 26.1 Å². The number of rotatable bonds is 4. The molecule has 116 valence electrons. The van der Waals surface area contributed by atoms with Crippen molar-refractivity contribution in [2.45, 2.75) is 20.4 Å². The Morgan fingerprint density at radius 3 is 2.48 bits per heavy atom. The van der Waals surface area contributed by atoms with Gasteiger partial charge in [-0.15, -0.1) is 10.2 Å². The summed E-state index contributed by atoms with van der Waals surface area (Å²) in [5.41, 5.74) is 3.78. The molecule has 0 bridgehead atoms. The standard InChI is InChI=1S/C17H17N5O/c1-12-7-3-5-9-14(12)17-19-21-22(20-17)11-16(23)18-15-10-6-4-8-13(15)2/h3-10H,11H2,1-2H3,(H,18,23). The predicted molar refractivity (Wildman–Crippen MR) is 87.8 cm³/mol. The molecule has 1 aromatic heterocycles. The lowest BCUT2D eigenvalue weighted by molar-refractivity contribution is -0.117. The minimum absolute atomic E-state index is 0.0210. The lowest BCUT2D eigenvalue weighted by Crippen LogP contribution is -2.20. The number of tetrazole rings is 1. The summed E-state index contributed by atoms with van der Waals surface area (Å²) in [5, 5.41) is 15.1. The van der Waals surface area contributed by atoms with Gasteiger partial charge in [0.25, 0.3) is 0 Å². The van der Waals surface area contributed by atoms with E-state index in [2.05, 4.69) is 20.7 Å². The van der Waals surface area contributed by atoms with Crippen molar-refractivity contribution in [3.63, 3.8) is 0 Å². The molecule has 1 N–H and O–H groups in total. The molecule has 23 heavy (non-hydrogen) atoms. The Morgan fingerprint density at radius 2 is 1.74 bits per heavy atom. The van der Waals surface area contributed by atoms with Crippen LogP contribution in [0.1, 0.15) is 11.1 Å². The molecule has 0 atom stereocenters. The number of anilines is 1. The molecule has 6 heteroatoms. The molecular weight excluding hydrogens is 290 g/mol. The molecule has 0 radical (unpaired) electrons. The fraction of sp³-hybridized carbons (Fsp3) is 0.176. The van der Waals surface area contributed by atoms with Gasteiger partial charge in [-0.25, -0.2) is 0 Å². The SMILES string of the molecule is Cc1ccccc1NC(=O)Cn1nnc(-c2ccccc2C)n1. The first kappa shape index (κ1) is 14.9. The average molecular weight is 307 g/mol. The van der Waals surface area contributed by atoms with E-state index >= 15 is 0 Å². The van der Waals surface area contributed by atoms with Crippen molar-refractivity contribution in [3.05, 3.63) is 59.7 Å². The Hall–Kier alpha value is -3.02. The third-order valence-corrected chi connectivity index (χ3v) is 3.54. The number of hydrogen-bond donors (Lipinski definition) is 1. The number of aromatic nitrogens is 4. The van der Waals surface area contributed by atoms with Gasteiger partial charge in [-0.2, -0.15) is 4.80 Å². The van der Waals surface area contributed by atoms with Gasteiger partial charge in [-0.1, -0.05) is 42.5 Å². The van der Waals surface area contributed by atoms with Crippen molar-refractivity contribution in [2.75, 3.05) is 5.32 Å². The van der Waals surface area contributed by atoms with Crippen LogP contribution in [0.25, 0.3) is 11.4 Å². The molecule has 1 heterocycles. The number of amides is 1. The molecule has 0 aliphatic carbocycles. The number of nitrogens with zero attached hydrogens (tertiary/aromatic N) is 4. The van der Waals surface area contributed by atoms with Crippen molar-refractivity contribution in [1.82, 2.24) is 20.2 Å². The molecule has 0 aliphatic rings. The van der Waals surface area contributed by atoms with Crippen molar-refractivity contribution in [1.29, 1.82) is 0 Å². The zero-order chi connectivity index (χ0) is 16.2. The summed E-state index contributed by atoms with van der Waals surface area (Å²) in [6.07, 6.45) is 0. The van der Waals surface area contributed by atoms with Gasteiger partial charge in [0.15, 0.2) is 0 Å². The Kier molecular flexibility index (Phi) is 4.14. The highest BCUT2D eigenvalue weighted by Crippen LogP contribution is 2.18. The second-order valence-electron chi connectivity index (χ2n) is 5.32. The zero-order valence-electron chi connectivity index (χ0n) is 13.0. The lowest BCUT2D eigenvalue weighted by Gasteiger charge is -2.07. The van der Waals surface area contributed by atoms with E-state index in [1.165, 1.54) is 4.80 Å². The van der Waals surface area contributed by atoms with Crippen LogP contribution in [0.5, 0.6) is 0 Å². The topological polar surface area (TPSA) is 72.7 Å². The fourth-order valence-electron chi connectivity index (χ4n) is 2.27. The largest absolute Gasteiger partial charge is 0.324 e. The monoisotopic (exact) mass is 307 g/mol. The number of hydrogen-bond acceptors (Lipinski definition) is 4. The summed E-state index contributed by atoms with van der Waals surface area (Å²) in [6.45, 7) is 3.95. The Morgan fingerprint density at radius 1 is 1.04 bits per heavy atom. The van der Waals surface area contributed by atoms with Crippen LogP contribution in [0.4, 0.5) is 5.69 Å². The van der Waals surface area contributed by atoms with Gasteiger partial charge in [0.1, 0.15) is 6.54 Å². The molecule has 2 aromatic carbocycles. The molecule has 0 spiro atoms. The molecule has 3 rings (SSSR count). The van der Waals surface area contributed by atoms with E-state index < -0.39 is 0 Å². The smallest absolute Gasteiger partial charge is 0.248 e. The normalized spacial score (nSPS) is 10.5. The quantitative estimate of drug-likeness (QED) is 0.804. The highest BCUT2D eigenvalue weighted by atomic mass is 16.2. The van der Waals surface area contributed by atoms with Gasteiger partial charge in [0, 0.05) is 11.3 Å². The third kappa shape index (κ3) is 3.42. The van der Waals surface area contributed by atoms with E-state index in [0.717, 1.165) is 22.4 Å². The van der Waals surface area contributed by atoms with Gasteiger partial charge >= 0.3 is 0 Å². The van der Waals surface area contributed by atoms with Crippen LogP contribution in [0, 0.1) is 13.8 Å².